The lowest BCUT2D eigenvalue weighted by molar-refractivity contribution is 0.461. The minimum Gasteiger partial charge on any atom is -0.507 e. The molecule has 0 radical (unpaired) electrons. The Morgan fingerprint density at radius 1 is 1.00 bits per heavy atom. The molecule has 0 saturated carbocycles. The fourth-order valence-corrected chi connectivity index (χ4v) is 3.55. The third-order valence-corrected chi connectivity index (χ3v) is 4.66. The van der Waals surface area contributed by atoms with Gasteiger partial charge in [-0.3, -0.25) is 0 Å². The molecule has 0 heterocycles. The van der Waals surface area contributed by atoms with E-state index in [4.69, 9.17) is 0 Å². The van der Waals surface area contributed by atoms with Gasteiger partial charge in [-0.05, 0) is 42.5 Å². The van der Waals surface area contributed by atoms with Gasteiger partial charge in [-0.15, -0.1) is 23.5 Å². The predicted molar refractivity (Wildman–Crippen MR) is 79.4 cm³/mol. The number of hydrogen-bond acceptors (Lipinski definition) is 3. The first kappa shape index (κ1) is 14.8. The van der Waals surface area contributed by atoms with Gasteiger partial charge >= 0.3 is 0 Å². The van der Waals surface area contributed by atoms with Crippen LogP contribution in [-0.4, -0.2) is 16.6 Å². The smallest absolute Gasteiger partial charge is 0.129 e. The van der Waals surface area contributed by atoms with Crippen LogP contribution in [0.3, 0.4) is 0 Å². The van der Waals surface area contributed by atoms with Crippen LogP contribution in [0.25, 0.3) is 0 Å². The number of unbranched alkanes of at least 4 members (excludes halogenated alkanes) is 2. The first-order valence-electron chi connectivity index (χ1n) is 6.36. The fraction of sp³-hybridized carbons (Fsp3) is 0.571. The van der Waals surface area contributed by atoms with Crippen molar-refractivity contribution in [3.05, 3.63) is 18.2 Å². The largest absolute Gasteiger partial charge is 0.507 e. The highest BCUT2D eigenvalue weighted by Crippen LogP contribution is 2.33. The van der Waals surface area contributed by atoms with E-state index in [0.717, 1.165) is 10.6 Å². The van der Waals surface area contributed by atoms with E-state index in [2.05, 4.69) is 19.9 Å². The maximum Gasteiger partial charge on any atom is 0.129 e. The third kappa shape index (κ3) is 5.73. The zero-order valence-corrected chi connectivity index (χ0v) is 12.4. The molecule has 0 spiro atoms. The first-order chi connectivity index (χ1) is 8.27. The van der Waals surface area contributed by atoms with Crippen LogP contribution >= 0.6 is 23.5 Å². The molecule has 0 aliphatic heterocycles. The second-order valence-corrected chi connectivity index (χ2v) is 6.34. The summed E-state index contributed by atoms with van der Waals surface area (Å²) in [6.45, 7) is 4.40. The number of phenols is 1. The maximum atomic E-state index is 9.78. The lowest BCUT2D eigenvalue weighted by Gasteiger charge is -2.07. The van der Waals surface area contributed by atoms with Crippen molar-refractivity contribution >= 4 is 23.5 Å². The van der Waals surface area contributed by atoms with Gasteiger partial charge < -0.3 is 5.11 Å². The summed E-state index contributed by atoms with van der Waals surface area (Å²) < 4.78 is 0. The molecule has 1 aromatic rings. The van der Waals surface area contributed by atoms with Gasteiger partial charge in [0.2, 0.25) is 0 Å². The van der Waals surface area contributed by atoms with Gasteiger partial charge in [-0.1, -0.05) is 26.7 Å². The van der Waals surface area contributed by atoms with Gasteiger partial charge in [0.15, 0.2) is 0 Å². The van der Waals surface area contributed by atoms with Crippen molar-refractivity contribution in [2.75, 3.05) is 11.5 Å². The number of phenolic OH excluding ortho intramolecular Hbond substituents is 1. The number of thioether (sulfide) groups is 2. The molecule has 0 fully saturated rings. The molecule has 17 heavy (non-hydrogen) atoms. The molecule has 0 atom stereocenters. The molecule has 1 aromatic carbocycles. The van der Waals surface area contributed by atoms with Crippen LogP contribution in [0.15, 0.2) is 28.0 Å². The van der Waals surface area contributed by atoms with E-state index in [1.54, 1.807) is 11.8 Å². The van der Waals surface area contributed by atoms with Crippen LogP contribution in [0.2, 0.25) is 0 Å². The Morgan fingerprint density at radius 2 is 1.65 bits per heavy atom. The van der Waals surface area contributed by atoms with E-state index in [1.165, 1.54) is 36.3 Å². The number of hydrogen-bond donors (Lipinski definition) is 1. The molecular weight excluding hydrogens is 248 g/mol. The minimum atomic E-state index is 0.422. The second-order valence-electron chi connectivity index (χ2n) is 4.03. The molecule has 0 amide bonds. The molecule has 0 aromatic heterocycles. The van der Waals surface area contributed by atoms with Crippen molar-refractivity contribution in [3.8, 4) is 5.75 Å². The molecule has 0 unspecified atom stereocenters. The summed E-state index contributed by atoms with van der Waals surface area (Å²) >= 11 is 3.64. The maximum absolute atomic E-state index is 9.78. The van der Waals surface area contributed by atoms with Crippen LogP contribution in [0.1, 0.15) is 39.5 Å². The Hall–Kier alpha value is -0.280. The second kappa shape index (κ2) is 8.76. The molecule has 0 aliphatic carbocycles. The van der Waals surface area contributed by atoms with Crippen LogP contribution in [0, 0.1) is 0 Å². The normalized spacial score (nSPS) is 10.7. The van der Waals surface area contributed by atoms with Crippen LogP contribution in [0.4, 0.5) is 0 Å². The Labute approximate surface area is 113 Å². The van der Waals surface area contributed by atoms with Crippen LogP contribution in [0.5, 0.6) is 5.75 Å². The van der Waals surface area contributed by atoms with Crippen molar-refractivity contribution in [2.45, 2.75) is 49.3 Å². The summed E-state index contributed by atoms with van der Waals surface area (Å²) in [6.07, 6.45) is 4.91. The lowest BCUT2D eigenvalue weighted by atomic mass is 10.3. The van der Waals surface area contributed by atoms with Gasteiger partial charge in [-0.2, -0.15) is 0 Å². The number of benzene rings is 1. The Morgan fingerprint density at radius 3 is 2.29 bits per heavy atom. The minimum absolute atomic E-state index is 0.422. The molecule has 1 rings (SSSR count). The summed E-state index contributed by atoms with van der Waals surface area (Å²) in [5.74, 6) is 2.68. The van der Waals surface area contributed by atoms with Crippen LogP contribution in [-0.2, 0) is 0 Å². The third-order valence-electron chi connectivity index (χ3n) is 2.45. The topological polar surface area (TPSA) is 20.2 Å². The molecule has 0 aliphatic rings. The van der Waals surface area contributed by atoms with Crippen LogP contribution < -0.4 is 0 Å². The monoisotopic (exact) mass is 270 g/mol. The van der Waals surface area contributed by atoms with Crippen molar-refractivity contribution < 1.29 is 5.11 Å². The first-order valence-corrected chi connectivity index (χ1v) is 8.33. The summed E-state index contributed by atoms with van der Waals surface area (Å²) in [5.41, 5.74) is 0. The standard InChI is InChI=1S/C14H22OS2/c1-3-5-9-16-12-7-8-13(15)14(11-12)17-10-6-4-2/h7-8,11,15H,3-6,9-10H2,1-2H3. The molecule has 1 N–H and O–H groups in total. The summed E-state index contributed by atoms with van der Waals surface area (Å²) in [4.78, 5) is 2.30. The van der Waals surface area contributed by atoms with Gasteiger partial charge in [0, 0.05) is 4.90 Å². The Balaban J connectivity index is 2.53. The van der Waals surface area contributed by atoms with Gasteiger partial charge in [0.05, 0.1) is 4.90 Å². The van der Waals surface area contributed by atoms with E-state index in [0.29, 0.717) is 5.75 Å². The highest BCUT2D eigenvalue weighted by molar-refractivity contribution is 8.00. The van der Waals surface area contributed by atoms with E-state index < -0.39 is 0 Å². The Bertz CT molecular complexity index is 326. The highest BCUT2D eigenvalue weighted by atomic mass is 32.2. The summed E-state index contributed by atoms with van der Waals surface area (Å²) in [7, 11) is 0. The highest BCUT2D eigenvalue weighted by Gasteiger charge is 2.03. The van der Waals surface area contributed by atoms with Crippen molar-refractivity contribution in [3.63, 3.8) is 0 Å². The molecule has 3 heteroatoms. The van der Waals surface area contributed by atoms with Gasteiger partial charge in [-0.25, -0.2) is 0 Å². The zero-order valence-electron chi connectivity index (χ0n) is 10.7. The fourth-order valence-electron chi connectivity index (χ4n) is 1.36. The van der Waals surface area contributed by atoms with E-state index in [9.17, 15) is 5.11 Å². The van der Waals surface area contributed by atoms with E-state index in [1.807, 2.05) is 23.9 Å². The lowest BCUT2D eigenvalue weighted by Crippen LogP contribution is -1.83. The molecule has 96 valence electrons. The number of rotatable bonds is 8. The molecule has 0 saturated heterocycles. The average Bonchev–Trinajstić information content (AvgIpc) is 2.33. The summed E-state index contributed by atoms with van der Waals surface area (Å²) in [5, 5.41) is 9.78. The van der Waals surface area contributed by atoms with Gasteiger partial charge in [0.25, 0.3) is 0 Å². The molecular formula is C14H22OS2. The molecule has 1 nitrogen and oxygen atoms in total. The quantitative estimate of drug-likeness (QED) is 0.519. The predicted octanol–water partition coefficient (Wildman–Crippen LogP) is 5.18. The number of aromatic hydroxyl groups is 1. The van der Waals surface area contributed by atoms with E-state index >= 15 is 0 Å². The molecule has 0 bridgehead atoms. The summed E-state index contributed by atoms with van der Waals surface area (Å²) in [6, 6.07) is 5.96. The zero-order chi connectivity index (χ0) is 12.5. The van der Waals surface area contributed by atoms with E-state index in [-0.39, 0.29) is 0 Å². The van der Waals surface area contributed by atoms with Crippen molar-refractivity contribution in [2.24, 2.45) is 0 Å². The SMILES string of the molecule is CCCCSc1ccc(O)c(SCCCC)c1. The Kier molecular flexibility index (Phi) is 7.62. The van der Waals surface area contributed by atoms with Crippen molar-refractivity contribution in [1.29, 1.82) is 0 Å². The van der Waals surface area contributed by atoms with Gasteiger partial charge in [0.1, 0.15) is 5.75 Å². The van der Waals surface area contributed by atoms with Crippen molar-refractivity contribution in [1.82, 2.24) is 0 Å². The average molecular weight is 270 g/mol.